The van der Waals surface area contributed by atoms with Gasteiger partial charge in [0.25, 0.3) is 0 Å². The van der Waals surface area contributed by atoms with Gasteiger partial charge in [-0.25, -0.2) is 0 Å². The number of benzene rings is 1. The van der Waals surface area contributed by atoms with Gasteiger partial charge in [0.2, 0.25) is 5.91 Å². The molecule has 2 atom stereocenters. The van der Waals surface area contributed by atoms with E-state index in [-0.39, 0.29) is 24.5 Å². The van der Waals surface area contributed by atoms with E-state index in [4.69, 9.17) is 9.84 Å². The summed E-state index contributed by atoms with van der Waals surface area (Å²) in [6.07, 6.45) is 0.400. The van der Waals surface area contributed by atoms with Crippen LogP contribution in [0.25, 0.3) is 0 Å². The molecule has 0 aromatic heterocycles. The lowest BCUT2D eigenvalue weighted by molar-refractivity contribution is -0.141. The van der Waals surface area contributed by atoms with Gasteiger partial charge < -0.3 is 14.7 Å². The van der Waals surface area contributed by atoms with Crippen molar-refractivity contribution in [1.82, 2.24) is 4.90 Å². The molecule has 1 aromatic rings. The molecule has 2 rings (SSSR count). The van der Waals surface area contributed by atoms with Gasteiger partial charge in [0.15, 0.2) is 0 Å². The Balaban J connectivity index is 2.25. The number of halogens is 1. The molecular formula is C17H22BrNO4. The fourth-order valence-electron chi connectivity index (χ4n) is 3.04. The molecule has 1 aliphatic heterocycles. The van der Waals surface area contributed by atoms with Gasteiger partial charge in [-0.05, 0) is 38.0 Å². The highest BCUT2D eigenvalue weighted by Crippen LogP contribution is 2.32. The van der Waals surface area contributed by atoms with Crippen LogP contribution in [0.1, 0.15) is 32.3 Å². The van der Waals surface area contributed by atoms with Crippen LogP contribution in [0.2, 0.25) is 0 Å². The van der Waals surface area contributed by atoms with Crippen molar-refractivity contribution >= 4 is 27.8 Å². The first-order chi connectivity index (χ1) is 10.8. The second kappa shape index (κ2) is 7.01. The first kappa shape index (κ1) is 17.9. The molecule has 1 amide bonds. The predicted molar refractivity (Wildman–Crippen MR) is 90.3 cm³/mol. The van der Waals surface area contributed by atoms with E-state index in [1.165, 1.54) is 0 Å². The van der Waals surface area contributed by atoms with Gasteiger partial charge in [-0.15, -0.1) is 0 Å². The van der Waals surface area contributed by atoms with E-state index >= 15 is 0 Å². The van der Waals surface area contributed by atoms with Crippen molar-refractivity contribution in [3.63, 3.8) is 0 Å². The number of hydrogen-bond donors (Lipinski definition) is 1. The zero-order valence-electron chi connectivity index (χ0n) is 13.6. The minimum Gasteiger partial charge on any atom is -0.481 e. The number of ether oxygens (including phenoxy) is 1. The largest absolute Gasteiger partial charge is 0.481 e. The van der Waals surface area contributed by atoms with Crippen molar-refractivity contribution < 1.29 is 19.4 Å². The van der Waals surface area contributed by atoms with Gasteiger partial charge >= 0.3 is 5.97 Å². The van der Waals surface area contributed by atoms with Crippen LogP contribution in [0.3, 0.4) is 0 Å². The monoisotopic (exact) mass is 383 g/mol. The van der Waals surface area contributed by atoms with Crippen LogP contribution in [-0.2, 0) is 19.7 Å². The minimum absolute atomic E-state index is 0.0536. The third-order valence-electron chi connectivity index (χ3n) is 4.48. The third kappa shape index (κ3) is 3.93. The molecule has 0 aliphatic carbocycles. The average Bonchev–Trinajstić information content (AvgIpc) is 2.89. The van der Waals surface area contributed by atoms with Crippen molar-refractivity contribution in [3.05, 3.63) is 34.3 Å². The molecule has 0 bridgehead atoms. The Morgan fingerprint density at radius 3 is 2.48 bits per heavy atom. The van der Waals surface area contributed by atoms with Crippen LogP contribution in [0.15, 0.2) is 28.7 Å². The Morgan fingerprint density at radius 1 is 1.35 bits per heavy atom. The maximum Gasteiger partial charge on any atom is 0.305 e. The topological polar surface area (TPSA) is 66.8 Å². The number of hydrogen-bond acceptors (Lipinski definition) is 3. The maximum absolute atomic E-state index is 13.1. The van der Waals surface area contributed by atoms with Crippen LogP contribution in [0.4, 0.5) is 0 Å². The van der Waals surface area contributed by atoms with Crippen molar-refractivity contribution in [3.8, 4) is 0 Å². The number of amides is 1. The van der Waals surface area contributed by atoms with Crippen LogP contribution in [0.5, 0.6) is 0 Å². The summed E-state index contributed by atoms with van der Waals surface area (Å²) < 4.78 is 6.30. The lowest BCUT2D eigenvalue weighted by atomic mass is 9.83. The molecule has 1 aromatic carbocycles. The van der Waals surface area contributed by atoms with E-state index in [9.17, 15) is 9.59 Å². The zero-order valence-corrected chi connectivity index (χ0v) is 15.2. The van der Waals surface area contributed by atoms with Crippen molar-refractivity contribution in [2.45, 2.75) is 44.2 Å². The Bertz CT molecular complexity index is 585. The summed E-state index contributed by atoms with van der Waals surface area (Å²) in [5.74, 6) is -0.961. The molecule has 1 N–H and O–H groups in total. The van der Waals surface area contributed by atoms with E-state index in [2.05, 4.69) is 15.9 Å². The molecule has 126 valence electrons. The van der Waals surface area contributed by atoms with E-state index in [1.807, 2.05) is 38.1 Å². The normalized spacial score (nSPS) is 21.5. The fraction of sp³-hybridized carbons (Fsp3) is 0.529. The number of carboxylic acids is 1. The van der Waals surface area contributed by atoms with Gasteiger partial charge in [0, 0.05) is 24.2 Å². The van der Waals surface area contributed by atoms with Crippen LogP contribution < -0.4 is 0 Å². The molecule has 0 radical (unpaired) electrons. The van der Waals surface area contributed by atoms with Gasteiger partial charge in [-0.3, -0.25) is 9.59 Å². The molecule has 23 heavy (non-hydrogen) atoms. The first-order valence-corrected chi connectivity index (χ1v) is 8.36. The highest BCUT2D eigenvalue weighted by molar-refractivity contribution is 9.10. The zero-order chi connectivity index (χ0) is 17.2. The Kier molecular flexibility index (Phi) is 5.47. The Labute approximate surface area is 144 Å². The van der Waals surface area contributed by atoms with E-state index in [0.29, 0.717) is 13.0 Å². The Morgan fingerprint density at radius 2 is 1.96 bits per heavy atom. The van der Waals surface area contributed by atoms with Crippen molar-refractivity contribution in [2.24, 2.45) is 0 Å². The number of likely N-dealkylation sites (tertiary alicyclic amines) is 1. The molecule has 2 unspecified atom stereocenters. The van der Waals surface area contributed by atoms with Gasteiger partial charge in [0.1, 0.15) is 0 Å². The average molecular weight is 384 g/mol. The molecule has 0 saturated carbocycles. The molecule has 1 aliphatic rings. The third-order valence-corrected chi connectivity index (χ3v) is 5.01. The molecule has 1 fully saturated rings. The Hall–Kier alpha value is -1.40. The maximum atomic E-state index is 13.1. The van der Waals surface area contributed by atoms with E-state index < -0.39 is 11.4 Å². The van der Waals surface area contributed by atoms with Gasteiger partial charge in [0.05, 0.1) is 17.9 Å². The number of nitrogens with zero attached hydrogens (tertiary/aromatic N) is 1. The second-order valence-corrected chi connectivity index (χ2v) is 7.35. The standard InChI is InChI=1S/C17H22BrNO4/c1-17(2,11-4-6-12(18)7-5-11)16(22)19-10-14(23-3)8-13(19)9-15(20)21/h4-7,13-14H,8-10H2,1-3H3,(H,20,21). The van der Waals surface area contributed by atoms with Crippen LogP contribution >= 0.6 is 15.9 Å². The summed E-state index contributed by atoms with van der Waals surface area (Å²) in [6.45, 7) is 4.18. The van der Waals surface area contributed by atoms with Gasteiger partial charge in [-0.2, -0.15) is 0 Å². The van der Waals surface area contributed by atoms with Crippen LogP contribution in [0, 0.1) is 0 Å². The van der Waals surface area contributed by atoms with Crippen molar-refractivity contribution in [1.29, 1.82) is 0 Å². The molecular weight excluding hydrogens is 362 g/mol. The van der Waals surface area contributed by atoms with E-state index in [0.717, 1.165) is 10.0 Å². The highest BCUT2D eigenvalue weighted by Gasteiger charge is 2.42. The number of methoxy groups -OCH3 is 1. The summed E-state index contributed by atoms with van der Waals surface area (Å²) >= 11 is 3.39. The summed E-state index contributed by atoms with van der Waals surface area (Å²) in [6, 6.07) is 7.32. The number of aliphatic carboxylic acids is 1. The molecule has 6 heteroatoms. The lowest BCUT2D eigenvalue weighted by Crippen LogP contribution is -2.46. The minimum atomic E-state index is -0.897. The summed E-state index contributed by atoms with van der Waals surface area (Å²) in [7, 11) is 1.59. The quantitative estimate of drug-likeness (QED) is 0.848. The lowest BCUT2D eigenvalue weighted by Gasteiger charge is -2.33. The molecule has 1 heterocycles. The van der Waals surface area contributed by atoms with Crippen molar-refractivity contribution in [2.75, 3.05) is 13.7 Å². The SMILES string of the molecule is COC1CC(CC(=O)O)N(C(=O)C(C)(C)c2ccc(Br)cc2)C1. The number of carbonyl (C=O) groups excluding carboxylic acids is 1. The number of carboxylic acid groups (broad SMARTS) is 1. The molecule has 1 saturated heterocycles. The number of carbonyl (C=O) groups is 2. The fourth-order valence-corrected chi connectivity index (χ4v) is 3.30. The predicted octanol–water partition coefficient (Wildman–Crippen LogP) is 2.82. The number of rotatable bonds is 5. The summed E-state index contributed by atoms with van der Waals surface area (Å²) in [5.41, 5.74) is 0.181. The molecule has 5 nitrogen and oxygen atoms in total. The van der Waals surface area contributed by atoms with Crippen LogP contribution in [-0.4, -0.2) is 47.7 Å². The highest BCUT2D eigenvalue weighted by atomic mass is 79.9. The molecule has 0 spiro atoms. The van der Waals surface area contributed by atoms with E-state index in [1.54, 1.807) is 12.0 Å². The smallest absolute Gasteiger partial charge is 0.305 e. The second-order valence-electron chi connectivity index (χ2n) is 6.43. The first-order valence-electron chi connectivity index (χ1n) is 7.57. The van der Waals surface area contributed by atoms with Gasteiger partial charge in [-0.1, -0.05) is 28.1 Å². The summed E-state index contributed by atoms with van der Waals surface area (Å²) in [5, 5.41) is 9.10. The summed E-state index contributed by atoms with van der Waals surface area (Å²) in [4.78, 5) is 25.8.